The van der Waals surface area contributed by atoms with Crippen LogP contribution in [0.15, 0.2) is 46.2 Å². The average Bonchev–Trinajstić information content (AvgIpc) is 2.53. The Morgan fingerprint density at radius 2 is 1.77 bits per heavy atom. The summed E-state index contributed by atoms with van der Waals surface area (Å²) in [5.41, 5.74) is -0.424. The molecule has 0 saturated carbocycles. The molecule has 2 aromatic rings. The van der Waals surface area contributed by atoms with Gasteiger partial charge < -0.3 is 5.11 Å². The van der Waals surface area contributed by atoms with Crippen LogP contribution < -0.4 is 4.72 Å². The van der Waals surface area contributed by atoms with Crippen molar-refractivity contribution in [1.82, 2.24) is 0 Å². The first kappa shape index (κ1) is 19.9. The number of hydrogen-bond acceptors (Lipinski definition) is 5. The molecular weight excluding hydrogens is 385 g/mol. The first-order valence-electron chi connectivity index (χ1n) is 7.37. The molecule has 0 aromatic heterocycles. The number of aromatic carboxylic acids is 1. The molecule has 0 aliphatic heterocycles. The number of halogens is 1. The van der Waals surface area contributed by atoms with Crippen molar-refractivity contribution < 1.29 is 31.1 Å². The van der Waals surface area contributed by atoms with Crippen molar-refractivity contribution in [2.24, 2.45) is 0 Å². The van der Waals surface area contributed by atoms with E-state index in [4.69, 9.17) is 0 Å². The Morgan fingerprint density at radius 3 is 2.31 bits per heavy atom. The lowest BCUT2D eigenvalue weighted by atomic mass is 10.2. The number of sulfone groups is 1. The predicted octanol–water partition coefficient (Wildman–Crippen LogP) is 2.43. The Bertz CT molecular complexity index is 1080. The zero-order valence-corrected chi connectivity index (χ0v) is 15.5. The van der Waals surface area contributed by atoms with E-state index in [0.29, 0.717) is 5.56 Å². The summed E-state index contributed by atoms with van der Waals surface area (Å²) in [7, 11) is -8.17. The Kier molecular flexibility index (Phi) is 5.38. The number of carboxylic acid groups (broad SMARTS) is 1. The molecule has 0 aliphatic rings. The van der Waals surface area contributed by atoms with Crippen molar-refractivity contribution >= 4 is 31.5 Å². The van der Waals surface area contributed by atoms with Crippen LogP contribution in [-0.2, 0) is 19.9 Å². The third-order valence-corrected chi connectivity index (χ3v) is 6.71. The molecule has 0 amide bonds. The van der Waals surface area contributed by atoms with E-state index in [9.17, 15) is 31.1 Å². The molecule has 7 nitrogen and oxygen atoms in total. The highest BCUT2D eigenvalue weighted by Gasteiger charge is 2.24. The van der Waals surface area contributed by atoms with Crippen molar-refractivity contribution in [3.05, 3.63) is 53.3 Å². The monoisotopic (exact) mass is 401 g/mol. The highest BCUT2D eigenvalue weighted by atomic mass is 32.2. The fraction of sp³-hybridized carbons (Fsp3) is 0.188. The molecule has 0 unspecified atom stereocenters. The number of rotatable bonds is 6. The Hall–Kier alpha value is -2.46. The van der Waals surface area contributed by atoms with E-state index in [0.717, 1.165) is 30.3 Å². The van der Waals surface area contributed by atoms with Crippen molar-refractivity contribution in [1.29, 1.82) is 0 Å². The standard InChI is InChI=1S/C16H16FNO6S2/c1-3-25(21,22)11-5-6-12(16(19)20)14(9-11)18-26(23,24)15-7-4-10(2)8-13(15)17/h4-9,18H,3H2,1-2H3,(H,19,20). The van der Waals surface area contributed by atoms with Gasteiger partial charge in [-0.25, -0.2) is 26.0 Å². The van der Waals surface area contributed by atoms with Crippen LogP contribution in [0, 0.1) is 12.7 Å². The van der Waals surface area contributed by atoms with E-state index in [-0.39, 0.29) is 10.6 Å². The zero-order valence-electron chi connectivity index (χ0n) is 13.9. The molecule has 140 valence electrons. The molecule has 2 rings (SSSR count). The number of sulfonamides is 1. The lowest BCUT2D eigenvalue weighted by Gasteiger charge is -2.13. The van der Waals surface area contributed by atoms with Crippen molar-refractivity contribution in [2.45, 2.75) is 23.6 Å². The summed E-state index contributed by atoms with van der Waals surface area (Å²) >= 11 is 0. The van der Waals surface area contributed by atoms with Gasteiger partial charge in [0.2, 0.25) is 0 Å². The Morgan fingerprint density at radius 1 is 1.12 bits per heavy atom. The predicted molar refractivity (Wildman–Crippen MR) is 93.1 cm³/mol. The molecular formula is C16H16FNO6S2. The average molecular weight is 401 g/mol. The maximum absolute atomic E-state index is 14.0. The smallest absolute Gasteiger partial charge is 0.337 e. The summed E-state index contributed by atoms with van der Waals surface area (Å²) in [5, 5.41) is 9.22. The maximum atomic E-state index is 14.0. The second-order valence-electron chi connectivity index (χ2n) is 5.46. The van der Waals surface area contributed by atoms with Gasteiger partial charge in [-0.2, -0.15) is 0 Å². The number of hydrogen-bond donors (Lipinski definition) is 2. The van der Waals surface area contributed by atoms with E-state index < -0.39 is 47.8 Å². The van der Waals surface area contributed by atoms with Gasteiger partial charge in [0, 0.05) is 0 Å². The summed E-state index contributed by atoms with van der Waals surface area (Å²) < 4.78 is 64.8. The minimum atomic E-state index is -4.47. The molecule has 0 bridgehead atoms. The number of benzene rings is 2. The summed E-state index contributed by atoms with van der Waals surface area (Å²) in [5.74, 6) is -2.72. The van der Waals surface area contributed by atoms with Gasteiger partial charge in [-0.3, -0.25) is 4.72 Å². The maximum Gasteiger partial charge on any atom is 0.337 e. The van der Waals surface area contributed by atoms with E-state index >= 15 is 0 Å². The molecule has 2 N–H and O–H groups in total. The molecule has 26 heavy (non-hydrogen) atoms. The van der Waals surface area contributed by atoms with Gasteiger partial charge in [-0.1, -0.05) is 13.0 Å². The molecule has 0 saturated heterocycles. The lowest BCUT2D eigenvalue weighted by molar-refractivity contribution is 0.0698. The highest BCUT2D eigenvalue weighted by molar-refractivity contribution is 7.92. The molecule has 0 heterocycles. The minimum Gasteiger partial charge on any atom is -0.478 e. The van der Waals surface area contributed by atoms with Gasteiger partial charge in [0.15, 0.2) is 9.84 Å². The van der Waals surface area contributed by atoms with Crippen LogP contribution in [0.2, 0.25) is 0 Å². The second kappa shape index (κ2) is 7.04. The van der Waals surface area contributed by atoms with Crippen molar-refractivity contribution in [3.8, 4) is 0 Å². The van der Waals surface area contributed by atoms with Gasteiger partial charge in [0.05, 0.1) is 21.9 Å². The van der Waals surface area contributed by atoms with Crippen molar-refractivity contribution in [3.63, 3.8) is 0 Å². The van der Waals surface area contributed by atoms with Gasteiger partial charge in [-0.15, -0.1) is 0 Å². The fourth-order valence-corrected chi connectivity index (χ4v) is 4.22. The van der Waals surface area contributed by atoms with Crippen LogP contribution in [0.4, 0.5) is 10.1 Å². The second-order valence-corrected chi connectivity index (χ2v) is 9.38. The first-order valence-corrected chi connectivity index (χ1v) is 10.5. The summed E-state index contributed by atoms with van der Waals surface area (Å²) in [6, 6.07) is 6.41. The Balaban J connectivity index is 2.59. The van der Waals surface area contributed by atoms with Crippen LogP contribution in [0.3, 0.4) is 0 Å². The molecule has 0 aliphatic carbocycles. The zero-order chi connectivity index (χ0) is 19.7. The highest BCUT2D eigenvalue weighted by Crippen LogP contribution is 2.26. The van der Waals surface area contributed by atoms with Crippen LogP contribution in [0.5, 0.6) is 0 Å². The van der Waals surface area contributed by atoms with Crippen LogP contribution in [0.1, 0.15) is 22.8 Å². The van der Waals surface area contributed by atoms with Gasteiger partial charge in [-0.05, 0) is 42.8 Å². The molecule has 0 spiro atoms. The quantitative estimate of drug-likeness (QED) is 0.768. The molecule has 0 radical (unpaired) electrons. The number of aryl methyl sites for hydroxylation is 1. The summed E-state index contributed by atoms with van der Waals surface area (Å²) in [4.78, 5) is 10.4. The molecule has 10 heteroatoms. The SMILES string of the molecule is CCS(=O)(=O)c1ccc(C(=O)O)c(NS(=O)(=O)c2ccc(C)cc2F)c1. The third-order valence-electron chi connectivity index (χ3n) is 3.58. The van der Waals surface area contributed by atoms with E-state index in [1.807, 2.05) is 4.72 Å². The fourth-order valence-electron chi connectivity index (χ4n) is 2.18. The van der Waals surface area contributed by atoms with Gasteiger partial charge in [0.25, 0.3) is 10.0 Å². The van der Waals surface area contributed by atoms with E-state index in [1.54, 1.807) is 6.92 Å². The van der Waals surface area contributed by atoms with Crippen LogP contribution in [-0.4, -0.2) is 33.7 Å². The molecule has 0 atom stereocenters. The molecule has 2 aromatic carbocycles. The van der Waals surface area contributed by atoms with E-state index in [2.05, 4.69) is 0 Å². The van der Waals surface area contributed by atoms with Crippen LogP contribution >= 0.6 is 0 Å². The number of anilines is 1. The molecule has 0 fully saturated rings. The topological polar surface area (TPSA) is 118 Å². The lowest BCUT2D eigenvalue weighted by Crippen LogP contribution is -2.17. The summed E-state index contributed by atoms with van der Waals surface area (Å²) in [6.07, 6.45) is 0. The van der Waals surface area contributed by atoms with Gasteiger partial charge >= 0.3 is 5.97 Å². The van der Waals surface area contributed by atoms with Gasteiger partial charge in [0.1, 0.15) is 10.7 Å². The normalized spacial score (nSPS) is 12.0. The number of carbonyl (C=O) groups is 1. The van der Waals surface area contributed by atoms with E-state index in [1.165, 1.54) is 13.0 Å². The van der Waals surface area contributed by atoms with Crippen LogP contribution in [0.25, 0.3) is 0 Å². The Labute approximate surface area is 150 Å². The number of nitrogens with one attached hydrogen (secondary N) is 1. The largest absolute Gasteiger partial charge is 0.478 e. The number of carboxylic acids is 1. The summed E-state index contributed by atoms with van der Waals surface area (Å²) in [6.45, 7) is 2.97. The first-order chi connectivity index (χ1) is 12.0. The third kappa shape index (κ3) is 4.02. The minimum absolute atomic E-state index is 0.243. The van der Waals surface area contributed by atoms with Crippen molar-refractivity contribution in [2.75, 3.05) is 10.5 Å².